The van der Waals surface area contributed by atoms with Crippen molar-refractivity contribution in [3.8, 4) is 0 Å². The van der Waals surface area contributed by atoms with Crippen LogP contribution in [0.3, 0.4) is 0 Å². The summed E-state index contributed by atoms with van der Waals surface area (Å²) < 4.78 is 0. The van der Waals surface area contributed by atoms with E-state index in [4.69, 9.17) is 10.2 Å². The molecule has 0 aromatic rings. The quantitative estimate of drug-likeness (QED) is 0.409. The van der Waals surface area contributed by atoms with Crippen molar-refractivity contribution in [3.05, 3.63) is 0 Å². The van der Waals surface area contributed by atoms with Crippen LogP contribution in [0.5, 0.6) is 0 Å². The van der Waals surface area contributed by atoms with E-state index in [1.165, 1.54) is 0 Å². The van der Waals surface area contributed by atoms with Gasteiger partial charge in [-0.3, -0.25) is 9.59 Å². The van der Waals surface area contributed by atoms with Crippen molar-refractivity contribution in [1.29, 1.82) is 0 Å². The van der Waals surface area contributed by atoms with Crippen molar-refractivity contribution >= 4 is 11.9 Å². The van der Waals surface area contributed by atoms with Gasteiger partial charge in [0.25, 0.3) is 0 Å². The average molecular weight is 198 g/mol. The fourth-order valence-electron chi connectivity index (χ4n) is 1.27. The van der Waals surface area contributed by atoms with Gasteiger partial charge in [-0.1, -0.05) is 26.7 Å². The molecule has 72 valence electrons. The van der Waals surface area contributed by atoms with Gasteiger partial charge in [-0.15, -0.1) is 0 Å². The molecule has 0 aliphatic heterocycles. The molecular formula is C8H15NaO4. The normalized spacial score (nSPS) is 9.85. The monoisotopic (exact) mass is 198 g/mol. The molecule has 0 rings (SSSR count). The summed E-state index contributed by atoms with van der Waals surface area (Å²) in [4.78, 5) is 21.0. The van der Waals surface area contributed by atoms with E-state index in [0.29, 0.717) is 12.8 Å². The second-order valence-electron chi connectivity index (χ2n) is 2.73. The van der Waals surface area contributed by atoms with Crippen molar-refractivity contribution in [2.75, 3.05) is 0 Å². The standard InChI is InChI=1S/C8H14O4.Na.H/c1-3-5(4-2)6(7(9)10)8(11)12;;/h5-6H,3-4H2,1-2H3,(H,9,10)(H,11,12);;/q;+1;-1. The molecule has 2 N–H and O–H groups in total. The van der Waals surface area contributed by atoms with Crippen LogP contribution in [0.15, 0.2) is 0 Å². The van der Waals surface area contributed by atoms with E-state index in [1.807, 2.05) is 0 Å². The molecule has 0 saturated heterocycles. The van der Waals surface area contributed by atoms with E-state index in [9.17, 15) is 9.59 Å². The minimum absolute atomic E-state index is 0. The zero-order valence-electron chi connectivity index (χ0n) is 9.28. The maximum Gasteiger partial charge on any atom is 1.00 e. The van der Waals surface area contributed by atoms with Gasteiger partial charge in [0, 0.05) is 0 Å². The van der Waals surface area contributed by atoms with Crippen LogP contribution in [0.25, 0.3) is 0 Å². The molecule has 4 nitrogen and oxygen atoms in total. The van der Waals surface area contributed by atoms with Gasteiger partial charge in [0.15, 0.2) is 5.92 Å². The first-order chi connectivity index (χ1) is 5.54. The van der Waals surface area contributed by atoms with E-state index in [1.54, 1.807) is 13.8 Å². The minimum Gasteiger partial charge on any atom is -1.00 e. The molecule has 0 bridgehead atoms. The number of carbonyl (C=O) groups is 2. The van der Waals surface area contributed by atoms with Gasteiger partial charge in [-0.25, -0.2) is 0 Å². The predicted octanol–water partition coefficient (Wildman–Crippen LogP) is -1.68. The Kier molecular flexibility index (Phi) is 8.72. The molecule has 0 fully saturated rings. The largest absolute Gasteiger partial charge is 1.00 e. The third-order valence-corrected chi connectivity index (χ3v) is 2.05. The summed E-state index contributed by atoms with van der Waals surface area (Å²) in [5.74, 6) is -3.99. The van der Waals surface area contributed by atoms with Gasteiger partial charge in [-0.2, -0.15) is 0 Å². The van der Waals surface area contributed by atoms with Gasteiger partial charge in [0.1, 0.15) is 0 Å². The number of aliphatic carboxylic acids is 2. The molecule has 13 heavy (non-hydrogen) atoms. The molecule has 5 heteroatoms. The van der Waals surface area contributed by atoms with Gasteiger partial charge in [0.05, 0.1) is 0 Å². The van der Waals surface area contributed by atoms with Crippen LogP contribution in [-0.2, 0) is 9.59 Å². The number of carboxylic acids is 2. The molecule has 0 aliphatic carbocycles. The Balaban J connectivity index is -0.000000605. The van der Waals surface area contributed by atoms with Gasteiger partial charge >= 0.3 is 41.5 Å². The summed E-state index contributed by atoms with van der Waals surface area (Å²) in [6, 6.07) is 0. The Morgan fingerprint density at radius 3 is 1.54 bits per heavy atom. The van der Waals surface area contributed by atoms with Gasteiger partial charge in [-0.05, 0) is 5.92 Å². The van der Waals surface area contributed by atoms with Crippen LogP contribution < -0.4 is 29.6 Å². The summed E-state index contributed by atoms with van der Waals surface area (Å²) in [5.41, 5.74) is 0. The fourth-order valence-corrected chi connectivity index (χ4v) is 1.27. The molecule has 0 amide bonds. The number of hydrogen-bond donors (Lipinski definition) is 2. The molecule has 0 spiro atoms. The fraction of sp³-hybridized carbons (Fsp3) is 0.750. The van der Waals surface area contributed by atoms with E-state index in [-0.39, 0.29) is 36.9 Å². The molecule has 0 heterocycles. The van der Waals surface area contributed by atoms with Crippen LogP contribution in [-0.4, -0.2) is 22.2 Å². The van der Waals surface area contributed by atoms with Gasteiger partial charge < -0.3 is 11.6 Å². The first-order valence-electron chi connectivity index (χ1n) is 4.00. The van der Waals surface area contributed by atoms with Gasteiger partial charge in [0.2, 0.25) is 0 Å². The molecule has 0 aromatic carbocycles. The SMILES string of the molecule is CCC(CC)C(C(=O)O)C(=O)O.[H-].[Na+]. The second-order valence-corrected chi connectivity index (χ2v) is 2.73. The zero-order valence-corrected chi connectivity index (χ0v) is 10.3. The Hall–Kier alpha value is -0.0600. The van der Waals surface area contributed by atoms with Crippen LogP contribution >= 0.6 is 0 Å². The van der Waals surface area contributed by atoms with Crippen molar-refractivity contribution in [2.24, 2.45) is 11.8 Å². The smallest absolute Gasteiger partial charge is 1.00 e. The topological polar surface area (TPSA) is 74.6 Å². The second kappa shape index (κ2) is 7.35. The minimum atomic E-state index is -1.25. The Labute approximate surface area is 101 Å². The Bertz CT molecular complexity index is 168. The molecule has 0 atom stereocenters. The van der Waals surface area contributed by atoms with Crippen LogP contribution in [0.1, 0.15) is 28.1 Å². The van der Waals surface area contributed by atoms with Crippen molar-refractivity contribution in [1.82, 2.24) is 0 Å². The molecule has 0 unspecified atom stereocenters. The van der Waals surface area contributed by atoms with Crippen molar-refractivity contribution in [2.45, 2.75) is 26.7 Å². The summed E-state index contributed by atoms with van der Waals surface area (Å²) in [6.07, 6.45) is 1.17. The number of hydrogen-bond acceptors (Lipinski definition) is 2. The summed E-state index contributed by atoms with van der Waals surface area (Å²) in [6.45, 7) is 3.60. The van der Waals surface area contributed by atoms with E-state index >= 15 is 0 Å². The van der Waals surface area contributed by atoms with Crippen LogP contribution in [0, 0.1) is 11.8 Å². The average Bonchev–Trinajstić information content (AvgIpc) is 1.98. The third-order valence-electron chi connectivity index (χ3n) is 2.05. The molecule has 0 radical (unpaired) electrons. The maximum absolute atomic E-state index is 10.5. The first kappa shape index (κ1) is 15.4. The van der Waals surface area contributed by atoms with E-state index in [0.717, 1.165) is 0 Å². The van der Waals surface area contributed by atoms with Crippen LogP contribution in [0.2, 0.25) is 0 Å². The summed E-state index contributed by atoms with van der Waals surface area (Å²) in [7, 11) is 0. The first-order valence-corrected chi connectivity index (χ1v) is 4.00. The Morgan fingerprint density at radius 2 is 1.46 bits per heavy atom. The summed E-state index contributed by atoms with van der Waals surface area (Å²) >= 11 is 0. The molecule has 0 aliphatic rings. The zero-order chi connectivity index (χ0) is 9.72. The number of carboxylic acid groups (broad SMARTS) is 2. The maximum atomic E-state index is 10.5. The van der Waals surface area contributed by atoms with E-state index < -0.39 is 17.9 Å². The summed E-state index contributed by atoms with van der Waals surface area (Å²) in [5, 5.41) is 17.2. The molecular weight excluding hydrogens is 183 g/mol. The van der Waals surface area contributed by atoms with Crippen LogP contribution in [0.4, 0.5) is 0 Å². The van der Waals surface area contributed by atoms with E-state index in [2.05, 4.69) is 0 Å². The third kappa shape index (κ3) is 4.64. The Morgan fingerprint density at radius 1 is 1.15 bits per heavy atom. The van der Waals surface area contributed by atoms with Crippen molar-refractivity contribution < 1.29 is 50.8 Å². The predicted molar refractivity (Wildman–Crippen MR) is 43.9 cm³/mol. The number of rotatable bonds is 5. The molecule has 0 aromatic heterocycles. The molecule has 0 saturated carbocycles. The van der Waals surface area contributed by atoms with Crippen molar-refractivity contribution in [3.63, 3.8) is 0 Å².